The molecular weight excluding hydrogens is 421 g/mol. The second kappa shape index (κ2) is 9.44. The number of nitrogens with one attached hydrogen (secondary N) is 1. The van der Waals surface area contributed by atoms with Crippen LogP contribution in [0.3, 0.4) is 0 Å². The van der Waals surface area contributed by atoms with Gasteiger partial charge in [0.15, 0.2) is 15.6 Å². The van der Waals surface area contributed by atoms with Gasteiger partial charge < -0.3 is 20.2 Å². The van der Waals surface area contributed by atoms with E-state index in [0.717, 1.165) is 6.07 Å². The molecule has 1 aliphatic rings. The molecule has 0 aromatic heterocycles. The number of hydrogen-bond donors (Lipinski definition) is 2. The van der Waals surface area contributed by atoms with E-state index in [-0.39, 0.29) is 23.5 Å². The van der Waals surface area contributed by atoms with Crippen molar-refractivity contribution in [2.75, 3.05) is 12.8 Å². The van der Waals surface area contributed by atoms with Crippen molar-refractivity contribution in [1.29, 1.82) is 0 Å². The molecular formula is C18H25ClFN3O5Si. The van der Waals surface area contributed by atoms with Gasteiger partial charge >= 0.3 is 6.09 Å². The third kappa shape index (κ3) is 6.89. The van der Waals surface area contributed by atoms with Gasteiger partial charge in [-0.3, -0.25) is 14.5 Å². The Labute approximate surface area is 175 Å². The fourth-order valence-electron chi connectivity index (χ4n) is 2.89. The number of nitrogens with zero attached hydrogens (tertiary/aromatic N) is 1. The number of ether oxygens (including phenoxy) is 2. The number of carbonyl (C=O) groups is 3. The van der Waals surface area contributed by atoms with E-state index in [1.54, 1.807) is 20.8 Å². The molecule has 1 saturated heterocycles. The molecule has 0 radical (unpaired) electrons. The number of carbonyl (C=O) groups excluding carboxylic acids is 3. The molecule has 160 valence electrons. The van der Waals surface area contributed by atoms with E-state index in [9.17, 15) is 18.8 Å². The number of benzene rings is 1. The molecule has 3 amide bonds. The summed E-state index contributed by atoms with van der Waals surface area (Å²) in [6, 6.07) is 3.71. The summed E-state index contributed by atoms with van der Waals surface area (Å²) in [5.41, 5.74) is 4.70. The third-order valence-corrected chi connectivity index (χ3v) is 7.07. The zero-order valence-corrected chi connectivity index (χ0v) is 18.4. The molecule has 0 saturated carbocycles. The molecule has 1 heterocycles. The number of nitrogens with two attached hydrogens (primary N) is 1. The minimum atomic E-state index is -1.95. The average Bonchev–Trinajstić information content (AvgIpc) is 2.61. The molecule has 0 spiro atoms. The van der Waals surface area contributed by atoms with Crippen LogP contribution in [0.4, 0.5) is 9.18 Å². The summed E-state index contributed by atoms with van der Waals surface area (Å²) in [4.78, 5) is 40.6. The van der Waals surface area contributed by atoms with E-state index in [0.29, 0.717) is 12.5 Å². The van der Waals surface area contributed by atoms with Crippen LogP contribution in [-0.2, 0) is 14.3 Å². The Hall–Kier alpha value is -2.33. The van der Waals surface area contributed by atoms with Crippen molar-refractivity contribution in [2.24, 2.45) is 5.73 Å². The summed E-state index contributed by atoms with van der Waals surface area (Å²) in [5.74, 6) is -1.46. The van der Waals surface area contributed by atoms with E-state index in [1.165, 1.54) is 17.0 Å². The van der Waals surface area contributed by atoms with E-state index in [2.05, 4.69) is 4.98 Å². The number of rotatable bonds is 5. The maximum atomic E-state index is 13.4. The summed E-state index contributed by atoms with van der Waals surface area (Å²) in [6.07, 6.45) is -0.0700. The fourth-order valence-corrected chi connectivity index (χ4v) is 5.56. The molecule has 8 nitrogen and oxygen atoms in total. The Kier molecular flexibility index (Phi) is 7.47. The number of primary amides is 1. The van der Waals surface area contributed by atoms with Crippen molar-refractivity contribution in [3.8, 4) is 5.75 Å². The first-order valence-electron chi connectivity index (χ1n) is 9.12. The number of halogens is 2. The monoisotopic (exact) mass is 445 g/mol. The van der Waals surface area contributed by atoms with Crippen molar-refractivity contribution < 1.29 is 28.2 Å². The first-order chi connectivity index (χ1) is 13.5. The summed E-state index contributed by atoms with van der Waals surface area (Å²) in [5, 5.41) is -0.0392. The van der Waals surface area contributed by atoms with Gasteiger partial charge in [0.25, 0.3) is 0 Å². The lowest BCUT2D eigenvalue weighted by molar-refractivity contribution is -0.123. The lowest BCUT2D eigenvalue weighted by Gasteiger charge is -2.38. The average molecular weight is 446 g/mol. The number of amides is 3. The van der Waals surface area contributed by atoms with Crippen LogP contribution in [0.2, 0.25) is 11.1 Å². The van der Waals surface area contributed by atoms with Crippen LogP contribution < -0.4 is 15.5 Å². The quantitative estimate of drug-likeness (QED) is 0.670. The second-order valence-corrected chi connectivity index (χ2v) is 10.8. The van der Waals surface area contributed by atoms with E-state index in [4.69, 9.17) is 26.8 Å². The maximum Gasteiger partial charge on any atom is 0.410 e. The van der Waals surface area contributed by atoms with Gasteiger partial charge in [-0.15, -0.1) is 0 Å². The molecule has 2 rings (SSSR count). The van der Waals surface area contributed by atoms with Crippen molar-refractivity contribution in [2.45, 2.75) is 44.9 Å². The molecule has 1 fully saturated rings. The minimum absolute atomic E-state index is 0.0392. The molecule has 11 heteroatoms. The summed E-state index contributed by atoms with van der Waals surface area (Å²) >= 11 is 5.61. The van der Waals surface area contributed by atoms with Gasteiger partial charge in [-0.25, -0.2) is 9.18 Å². The van der Waals surface area contributed by atoms with Crippen molar-refractivity contribution in [3.05, 3.63) is 29.0 Å². The van der Waals surface area contributed by atoms with Gasteiger partial charge in [0, 0.05) is 12.2 Å². The van der Waals surface area contributed by atoms with Crippen molar-refractivity contribution >= 4 is 38.5 Å². The topological polar surface area (TPSA) is 111 Å². The Morgan fingerprint density at radius 1 is 1.38 bits per heavy atom. The first kappa shape index (κ1) is 23.0. The Morgan fingerprint density at radius 3 is 2.66 bits per heavy atom. The predicted octanol–water partition coefficient (Wildman–Crippen LogP) is 1.73. The molecule has 2 atom stereocenters. The SMILES string of the molecule is CC(C)(C)OC(=O)N1C[Si@@H](NC(=O)COc2ccc(Cl)c(F)c2)CC[C@@H]1C(N)=O. The van der Waals surface area contributed by atoms with Gasteiger partial charge in [-0.05, 0) is 45.4 Å². The van der Waals surface area contributed by atoms with Gasteiger partial charge in [0.2, 0.25) is 11.8 Å². The van der Waals surface area contributed by atoms with Crippen LogP contribution in [0.15, 0.2) is 18.2 Å². The van der Waals surface area contributed by atoms with Crippen LogP contribution in [0.1, 0.15) is 27.2 Å². The van der Waals surface area contributed by atoms with Crippen LogP contribution in [-0.4, -0.2) is 56.2 Å². The summed E-state index contributed by atoms with van der Waals surface area (Å²) in [6.45, 7) is 4.86. The van der Waals surface area contributed by atoms with Crippen LogP contribution >= 0.6 is 11.6 Å². The van der Waals surface area contributed by atoms with E-state index >= 15 is 0 Å². The predicted molar refractivity (Wildman–Crippen MR) is 108 cm³/mol. The highest BCUT2D eigenvalue weighted by atomic mass is 35.5. The third-order valence-electron chi connectivity index (χ3n) is 4.16. The highest BCUT2D eigenvalue weighted by molar-refractivity contribution is 6.59. The second-order valence-electron chi connectivity index (χ2n) is 7.76. The zero-order valence-electron chi connectivity index (χ0n) is 16.5. The molecule has 0 unspecified atom stereocenters. The normalized spacial score (nSPS) is 19.4. The van der Waals surface area contributed by atoms with Crippen molar-refractivity contribution in [1.82, 2.24) is 9.88 Å². The molecule has 29 heavy (non-hydrogen) atoms. The lowest BCUT2D eigenvalue weighted by atomic mass is 10.2. The Morgan fingerprint density at radius 2 is 2.07 bits per heavy atom. The Bertz CT molecular complexity index is 789. The lowest BCUT2D eigenvalue weighted by Crippen LogP contribution is -2.60. The molecule has 1 aromatic rings. The molecule has 1 aromatic carbocycles. The van der Waals surface area contributed by atoms with Gasteiger partial charge in [-0.2, -0.15) is 0 Å². The minimum Gasteiger partial charge on any atom is -0.484 e. The van der Waals surface area contributed by atoms with Crippen LogP contribution in [0.25, 0.3) is 0 Å². The highest BCUT2D eigenvalue weighted by Gasteiger charge is 2.38. The molecule has 1 aliphatic heterocycles. The van der Waals surface area contributed by atoms with Gasteiger partial charge in [0.1, 0.15) is 23.2 Å². The van der Waals surface area contributed by atoms with Crippen LogP contribution in [0, 0.1) is 5.82 Å². The first-order valence-corrected chi connectivity index (χ1v) is 11.7. The molecule has 0 aliphatic carbocycles. The fraction of sp³-hybridized carbons (Fsp3) is 0.500. The molecule has 0 bridgehead atoms. The standard InChI is InChI=1S/C18H25ClFN3O5Si/c1-18(2,3)28-17(26)23-10-29(7-6-14(23)16(21)25)22-15(24)9-27-11-4-5-12(19)13(20)8-11/h4-5,8,14,29H,6-7,9-10H2,1-3H3,(H2,21,25)(H,22,24)/t14-,29+/m1/s1. The molecule has 3 N–H and O–H groups in total. The van der Waals surface area contributed by atoms with Crippen molar-refractivity contribution in [3.63, 3.8) is 0 Å². The van der Waals surface area contributed by atoms with Gasteiger partial charge in [-0.1, -0.05) is 11.6 Å². The number of hydrogen-bond acceptors (Lipinski definition) is 5. The van der Waals surface area contributed by atoms with Crippen LogP contribution in [0.5, 0.6) is 5.75 Å². The zero-order chi connectivity index (χ0) is 21.8. The summed E-state index contributed by atoms with van der Waals surface area (Å²) in [7, 11) is -1.95. The van der Waals surface area contributed by atoms with E-state index < -0.39 is 44.3 Å². The smallest absolute Gasteiger partial charge is 0.410 e. The highest BCUT2D eigenvalue weighted by Crippen LogP contribution is 2.21. The maximum absolute atomic E-state index is 13.4. The van der Waals surface area contributed by atoms with E-state index in [1.807, 2.05) is 0 Å². The summed E-state index contributed by atoms with van der Waals surface area (Å²) < 4.78 is 24.1. The largest absolute Gasteiger partial charge is 0.484 e. The van der Waals surface area contributed by atoms with Gasteiger partial charge in [0.05, 0.1) is 5.02 Å². The Balaban J connectivity index is 1.94.